The van der Waals surface area contributed by atoms with Crippen LogP contribution in [0.1, 0.15) is 11.1 Å². The summed E-state index contributed by atoms with van der Waals surface area (Å²) in [6.07, 6.45) is 1.49. The van der Waals surface area contributed by atoms with Gasteiger partial charge in [0.15, 0.2) is 0 Å². The molecule has 0 saturated carbocycles. The number of oxime groups is 2. The second kappa shape index (κ2) is 5.34. The predicted octanol–water partition coefficient (Wildman–Crippen LogP) is 1.12. The maximum Gasteiger partial charge on any atom is 0.285 e. The summed E-state index contributed by atoms with van der Waals surface area (Å²) in [6.45, 7) is 0. The first kappa shape index (κ1) is 13.0. The van der Waals surface area contributed by atoms with Crippen LogP contribution in [0.3, 0.4) is 0 Å². The van der Waals surface area contributed by atoms with E-state index in [2.05, 4.69) is 10.3 Å². The van der Waals surface area contributed by atoms with Crippen LogP contribution in [0.25, 0.3) is 0 Å². The first-order chi connectivity index (χ1) is 8.51. The molecule has 10 nitrogen and oxygen atoms in total. The van der Waals surface area contributed by atoms with E-state index in [1.807, 2.05) is 0 Å². The van der Waals surface area contributed by atoms with Crippen LogP contribution in [0, 0.1) is 20.2 Å². The van der Waals surface area contributed by atoms with Crippen molar-refractivity contribution < 1.29 is 20.3 Å². The Morgan fingerprint density at radius 2 is 1.33 bits per heavy atom. The van der Waals surface area contributed by atoms with Crippen molar-refractivity contribution in [3.8, 4) is 0 Å². The van der Waals surface area contributed by atoms with Crippen LogP contribution in [0.4, 0.5) is 11.4 Å². The summed E-state index contributed by atoms with van der Waals surface area (Å²) in [7, 11) is 0. The summed E-state index contributed by atoms with van der Waals surface area (Å²) >= 11 is 0. The molecule has 18 heavy (non-hydrogen) atoms. The van der Waals surface area contributed by atoms with Gasteiger partial charge in [0, 0.05) is 0 Å². The summed E-state index contributed by atoms with van der Waals surface area (Å²) in [5.74, 6) is 0. The molecule has 1 aromatic rings. The maximum absolute atomic E-state index is 10.7. The third-order valence-electron chi connectivity index (χ3n) is 1.96. The van der Waals surface area contributed by atoms with Gasteiger partial charge in [-0.3, -0.25) is 20.2 Å². The molecule has 0 amide bonds. The average molecular weight is 254 g/mol. The molecule has 0 heterocycles. The van der Waals surface area contributed by atoms with E-state index in [0.29, 0.717) is 6.07 Å². The van der Waals surface area contributed by atoms with Crippen molar-refractivity contribution in [2.24, 2.45) is 10.3 Å². The molecule has 0 spiro atoms. The van der Waals surface area contributed by atoms with Gasteiger partial charge >= 0.3 is 0 Å². The highest BCUT2D eigenvalue weighted by Gasteiger charge is 2.23. The molecule has 0 aromatic heterocycles. The molecule has 0 saturated heterocycles. The van der Waals surface area contributed by atoms with Crippen molar-refractivity contribution in [1.29, 1.82) is 0 Å². The monoisotopic (exact) mass is 254 g/mol. The van der Waals surface area contributed by atoms with Gasteiger partial charge in [-0.1, -0.05) is 10.3 Å². The number of hydrogen-bond donors (Lipinski definition) is 2. The van der Waals surface area contributed by atoms with Gasteiger partial charge in [-0.25, -0.2) is 0 Å². The lowest BCUT2D eigenvalue weighted by Crippen LogP contribution is -2.01. The molecule has 1 rings (SSSR count). The maximum atomic E-state index is 10.7. The van der Waals surface area contributed by atoms with Gasteiger partial charge in [0.1, 0.15) is 0 Å². The number of nitro groups is 2. The minimum atomic E-state index is -0.857. The van der Waals surface area contributed by atoms with Gasteiger partial charge in [-0.05, 0) is 6.07 Å². The minimum Gasteiger partial charge on any atom is -0.411 e. The summed E-state index contributed by atoms with van der Waals surface area (Å²) in [6, 6.07) is 1.68. The smallest absolute Gasteiger partial charge is 0.285 e. The van der Waals surface area contributed by atoms with Crippen LogP contribution in [-0.4, -0.2) is 32.7 Å². The average Bonchev–Trinajstić information content (AvgIpc) is 2.29. The molecule has 0 atom stereocenters. The lowest BCUT2D eigenvalue weighted by molar-refractivity contribution is -0.394. The van der Waals surface area contributed by atoms with Gasteiger partial charge in [0.2, 0.25) is 0 Å². The van der Waals surface area contributed by atoms with Crippen molar-refractivity contribution in [2.75, 3.05) is 0 Å². The minimum absolute atomic E-state index is 0.164. The normalized spacial score (nSPS) is 11.1. The van der Waals surface area contributed by atoms with Crippen LogP contribution in [0.15, 0.2) is 22.4 Å². The molecule has 2 N–H and O–H groups in total. The molecular weight excluding hydrogens is 248 g/mol. The molecule has 0 fully saturated rings. The number of benzene rings is 1. The largest absolute Gasteiger partial charge is 0.411 e. The number of rotatable bonds is 4. The topological polar surface area (TPSA) is 151 Å². The van der Waals surface area contributed by atoms with Gasteiger partial charge in [-0.15, -0.1) is 0 Å². The number of nitrogens with zero attached hydrogens (tertiary/aromatic N) is 4. The van der Waals surface area contributed by atoms with Crippen LogP contribution < -0.4 is 0 Å². The fourth-order valence-corrected chi connectivity index (χ4v) is 1.26. The van der Waals surface area contributed by atoms with Crippen LogP contribution >= 0.6 is 0 Å². The summed E-state index contributed by atoms with van der Waals surface area (Å²) < 4.78 is 0. The van der Waals surface area contributed by atoms with Crippen LogP contribution in [-0.2, 0) is 0 Å². The predicted molar refractivity (Wildman–Crippen MR) is 58.5 cm³/mol. The molecule has 0 unspecified atom stereocenters. The zero-order chi connectivity index (χ0) is 13.7. The molecule has 0 aliphatic heterocycles. The first-order valence-corrected chi connectivity index (χ1v) is 4.33. The second-order valence-electron chi connectivity index (χ2n) is 2.97. The summed E-state index contributed by atoms with van der Waals surface area (Å²) in [5.41, 5.74) is -1.53. The number of nitro benzene ring substituents is 2. The molecule has 0 aliphatic carbocycles. The van der Waals surface area contributed by atoms with E-state index in [0.717, 1.165) is 18.5 Å². The molecule has 94 valence electrons. The Labute approximate surface area is 98.8 Å². The van der Waals surface area contributed by atoms with E-state index in [-0.39, 0.29) is 11.1 Å². The van der Waals surface area contributed by atoms with Crippen molar-refractivity contribution in [3.63, 3.8) is 0 Å². The van der Waals surface area contributed by atoms with Crippen molar-refractivity contribution >= 4 is 23.8 Å². The highest BCUT2D eigenvalue weighted by molar-refractivity contribution is 5.93. The van der Waals surface area contributed by atoms with Crippen LogP contribution in [0.2, 0.25) is 0 Å². The Balaban J connectivity index is 3.59. The van der Waals surface area contributed by atoms with Crippen LogP contribution in [0.5, 0.6) is 0 Å². The summed E-state index contributed by atoms with van der Waals surface area (Å²) in [5, 5.41) is 43.3. The van der Waals surface area contributed by atoms with E-state index in [1.54, 1.807) is 0 Å². The van der Waals surface area contributed by atoms with E-state index >= 15 is 0 Å². The molecule has 0 bridgehead atoms. The molecule has 0 aliphatic rings. The molecule has 1 aromatic carbocycles. The molecule has 0 radical (unpaired) electrons. The third-order valence-corrected chi connectivity index (χ3v) is 1.96. The Kier molecular flexibility index (Phi) is 3.86. The van der Waals surface area contributed by atoms with Crippen molar-refractivity contribution in [3.05, 3.63) is 43.5 Å². The first-order valence-electron chi connectivity index (χ1n) is 4.33. The quantitative estimate of drug-likeness (QED) is 0.355. The van der Waals surface area contributed by atoms with E-state index in [4.69, 9.17) is 10.4 Å². The lowest BCUT2D eigenvalue weighted by Gasteiger charge is -2.00. The van der Waals surface area contributed by atoms with E-state index in [1.165, 1.54) is 0 Å². The highest BCUT2D eigenvalue weighted by Crippen LogP contribution is 2.27. The Morgan fingerprint density at radius 3 is 1.61 bits per heavy atom. The van der Waals surface area contributed by atoms with Gasteiger partial charge in [0.25, 0.3) is 11.4 Å². The SMILES string of the molecule is O=[N+]([O-])c1cc([N+](=O)[O-])c(C=NO)cc1C=NO. The Morgan fingerprint density at radius 1 is 0.944 bits per heavy atom. The molecule has 10 heteroatoms. The van der Waals surface area contributed by atoms with Crippen molar-refractivity contribution in [2.45, 2.75) is 0 Å². The Bertz CT molecular complexity index is 508. The fraction of sp³-hybridized carbons (Fsp3) is 0. The second-order valence-corrected chi connectivity index (χ2v) is 2.97. The third kappa shape index (κ3) is 2.55. The van der Waals surface area contributed by atoms with Gasteiger partial charge in [0.05, 0.1) is 39.5 Å². The standard InChI is InChI=1S/C8H6N4O6/c13-9-3-5-1-6(4-10-14)8(12(17)18)2-7(5)11(15)16/h1-4,13-14H. The lowest BCUT2D eigenvalue weighted by atomic mass is 10.1. The number of hydrogen-bond acceptors (Lipinski definition) is 8. The van der Waals surface area contributed by atoms with Crippen molar-refractivity contribution in [1.82, 2.24) is 0 Å². The highest BCUT2D eigenvalue weighted by atomic mass is 16.6. The molecular formula is C8H6N4O6. The van der Waals surface area contributed by atoms with Gasteiger partial charge < -0.3 is 10.4 Å². The van der Waals surface area contributed by atoms with E-state index < -0.39 is 21.2 Å². The fourth-order valence-electron chi connectivity index (χ4n) is 1.26. The zero-order valence-electron chi connectivity index (χ0n) is 8.63. The Hall–Kier alpha value is -3.04. The summed E-state index contributed by atoms with van der Waals surface area (Å²) in [4.78, 5) is 19.7. The zero-order valence-corrected chi connectivity index (χ0v) is 8.63. The van der Waals surface area contributed by atoms with Gasteiger partial charge in [-0.2, -0.15) is 0 Å². The van der Waals surface area contributed by atoms with E-state index in [9.17, 15) is 20.2 Å².